The van der Waals surface area contributed by atoms with Crippen LogP contribution in [-0.2, 0) is 0 Å². The van der Waals surface area contributed by atoms with Crippen molar-refractivity contribution in [1.82, 2.24) is 15.3 Å². The number of nitrogens with one attached hydrogen (secondary N) is 3. The van der Waals surface area contributed by atoms with Gasteiger partial charge in [0.05, 0.1) is 17.6 Å². The maximum absolute atomic E-state index is 10.8. The number of imidazole rings is 1. The molecule has 0 spiro atoms. The molecule has 132 valence electrons. The molecule has 0 radical (unpaired) electrons. The van der Waals surface area contributed by atoms with Gasteiger partial charge < -0.3 is 15.4 Å². The van der Waals surface area contributed by atoms with Gasteiger partial charge in [-0.15, -0.1) is 6.58 Å². The first-order valence-corrected chi connectivity index (χ1v) is 8.45. The summed E-state index contributed by atoms with van der Waals surface area (Å²) in [5, 5.41) is 22.3. The van der Waals surface area contributed by atoms with Crippen LogP contribution in [0.15, 0.2) is 73.7 Å². The van der Waals surface area contributed by atoms with Crippen molar-refractivity contribution in [3.8, 4) is 5.75 Å². The van der Waals surface area contributed by atoms with E-state index in [0.717, 1.165) is 11.3 Å². The van der Waals surface area contributed by atoms with Crippen molar-refractivity contribution >= 4 is 5.84 Å². The Morgan fingerprint density at radius 3 is 2.65 bits per heavy atom. The van der Waals surface area contributed by atoms with E-state index in [2.05, 4.69) is 21.9 Å². The summed E-state index contributed by atoms with van der Waals surface area (Å²) < 4.78 is 0. The number of benzene rings is 2. The lowest BCUT2D eigenvalue weighted by Crippen LogP contribution is -2.27. The van der Waals surface area contributed by atoms with Crippen molar-refractivity contribution < 1.29 is 5.11 Å². The highest BCUT2D eigenvalue weighted by Gasteiger charge is 2.20. The van der Waals surface area contributed by atoms with Crippen LogP contribution in [0.1, 0.15) is 41.3 Å². The van der Waals surface area contributed by atoms with Crippen LogP contribution in [0.25, 0.3) is 0 Å². The third-order valence-electron chi connectivity index (χ3n) is 4.41. The number of phenolic OH excluding ortho intramolecular Hbond substituents is 1. The predicted octanol–water partition coefficient (Wildman–Crippen LogP) is 4.11. The third-order valence-corrected chi connectivity index (χ3v) is 4.41. The highest BCUT2D eigenvalue weighted by atomic mass is 16.3. The SMILES string of the molecule is C=CC(c1c[nH]cn1)c1cccc(C(=N)NC(C)c2ccccc2)c1O. The van der Waals surface area contributed by atoms with E-state index < -0.39 is 0 Å². The first-order chi connectivity index (χ1) is 12.6. The number of phenols is 1. The van der Waals surface area contributed by atoms with Gasteiger partial charge in [0.2, 0.25) is 0 Å². The summed E-state index contributed by atoms with van der Waals surface area (Å²) in [6.07, 6.45) is 5.11. The number of para-hydroxylation sites is 1. The van der Waals surface area contributed by atoms with Crippen molar-refractivity contribution in [2.24, 2.45) is 0 Å². The van der Waals surface area contributed by atoms with E-state index in [-0.39, 0.29) is 23.5 Å². The number of rotatable bonds is 6. The normalized spacial score (nSPS) is 13.0. The fourth-order valence-electron chi connectivity index (χ4n) is 2.98. The maximum atomic E-state index is 10.8. The Morgan fingerprint density at radius 1 is 1.23 bits per heavy atom. The molecular weight excluding hydrogens is 324 g/mol. The Hall–Kier alpha value is -3.34. The zero-order valence-corrected chi connectivity index (χ0v) is 14.6. The molecule has 0 saturated heterocycles. The monoisotopic (exact) mass is 346 g/mol. The van der Waals surface area contributed by atoms with E-state index in [0.29, 0.717) is 11.1 Å². The molecule has 0 fully saturated rings. The summed E-state index contributed by atoms with van der Waals surface area (Å²) in [7, 11) is 0. The van der Waals surface area contributed by atoms with E-state index in [1.807, 2.05) is 49.4 Å². The van der Waals surface area contributed by atoms with Gasteiger partial charge in [0.1, 0.15) is 11.6 Å². The van der Waals surface area contributed by atoms with E-state index >= 15 is 0 Å². The number of allylic oxidation sites excluding steroid dienone is 1. The number of nitrogens with zero attached hydrogens (tertiary/aromatic N) is 1. The minimum absolute atomic E-state index is 0.0479. The molecule has 0 amide bonds. The number of aromatic amines is 1. The standard InChI is InChI=1S/C21H22N4O/c1-3-16(19-12-23-13-24-19)17-10-7-11-18(20(17)26)21(22)25-14(2)15-8-5-4-6-9-15/h3-14,16,26H,1H2,2H3,(H2,22,25)(H,23,24). The molecule has 0 aliphatic heterocycles. The van der Waals surface area contributed by atoms with Gasteiger partial charge in [0.25, 0.3) is 0 Å². The molecule has 0 aliphatic rings. The van der Waals surface area contributed by atoms with Gasteiger partial charge in [-0.25, -0.2) is 4.98 Å². The molecule has 0 aliphatic carbocycles. The zero-order chi connectivity index (χ0) is 18.5. The lowest BCUT2D eigenvalue weighted by Gasteiger charge is -2.19. The molecule has 2 aromatic carbocycles. The molecule has 2 atom stereocenters. The third kappa shape index (κ3) is 3.52. The molecule has 3 aromatic rings. The number of aromatic nitrogens is 2. The zero-order valence-electron chi connectivity index (χ0n) is 14.6. The summed E-state index contributed by atoms with van der Waals surface area (Å²) in [6, 6.07) is 15.2. The summed E-state index contributed by atoms with van der Waals surface area (Å²) in [5.74, 6) is -0.00995. The molecule has 2 unspecified atom stereocenters. The Labute approximate surface area is 153 Å². The topological polar surface area (TPSA) is 84.8 Å². The second-order valence-electron chi connectivity index (χ2n) is 6.10. The fraction of sp³-hybridized carbons (Fsp3) is 0.143. The van der Waals surface area contributed by atoms with Gasteiger partial charge in [0.15, 0.2) is 0 Å². The molecule has 3 rings (SSSR count). The number of H-pyrrole nitrogens is 1. The van der Waals surface area contributed by atoms with Crippen LogP contribution in [0.2, 0.25) is 0 Å². The molecular formula is C21H22N4O. The Balaban J connectivity index is 1.87. The van der Waals surface area contributed by atoms with E-state index in [1.54, 1.807) is 24.7 Å². The lowest BCUT2D eigenvalue weighted by atomic mass is 9.93. The van der Waals surface area contributed by atoms with Crippen LogP contribution in [-0.4, -0.2) is 20.9 Å². The Bertz CT molecular complexity index is 888. The summed E-state index contributed by atoms with van der Waals surface area (Å²) in [5.41, 5.74) is 2.97. The first kappa shape index (κ1) is 17.5. The van der Waals surface area contributed by atoms with Crippen LogP contribution < -0.4 is 5.32 Å². The van der Waals surface area contributed by atoms with Crippen LogP contribution in [0.4, 0.5) is 0 Å². The number of hydrogen-bond acceptors (Lipinski definition) is 3. The highest BCUT2D eigenvalue weighted by molar-refractivity contribution is 5.99. The van der Waals surface area contributed by atoms with Gasteiger partial charge in [-0.2, -0.15) is 0 Å². The maximum Gasteiger partial charge on any atom is 0.130 e. The Kier molecular flexibility index (Phi) is 5.17. The Morgan fingerprint density at radius 2 is 2.00 bits per heavy atom. The van der Waals surface area contributed by atoms with E-state index in [9.17, 15) is 5.11 Å². The van der Waals surface area contributed by atoms with Gasteiger partial charge in [-0.05, 0) is 18.6 Å². The predicted molar refractivity (Wildman–Crippen MR) is 104 cm³/mol. The van der Waals surface area contributed by atoms with Crippen molar-refractivity contribution in [2.75, 3.05) is 0 Å². The number of amidine groups is 1. The van der Waals surface area contributed by atoms with Gasteiger partial charge in [-0.1, -0.05) is 48.5 Å². The minimum atomic E-state index is -0.249. The molecule has 5 nitrogen and oxygen atoms in total. The van der Waals surface area contributed by atoms with Crippen LogP contribution in [0.3, 0.4) is 0 Å². The second kappa shape index (κ2) is 7.70. The number of aromatic hydroxyl groups is 1. The van der Waals surface area contributed by atoms with Gasteiger partial charge >= 0.3 is 0 Å². The van der Waals surface area contributed by atoms with E-state index in [4.69, 9.17) is 5.41 Å². The van der Waals surface area contributed by atoms with Gasteiger partial charge in [0, 0.05) is 23.7 Å². The largest absolute Gasteiger partial charge is 0.507 e. The first-order valence-electron chi connectivity index (χ1n) is 8.45. The van der Waals surface area contributed by atoms with Crippen molar-refractivity contribution in [2.45, 2.75) is 18.9 Å². The molecule has 1 heterocycles. The average Bonchev–Trinajstić information content (AvgIpc) is 3.18. The molecule has 4 N–H and O–H groups in total. The molecule has 0 saturated carbocycles. The quantitative estimate of drug-likeness (QED) is 0.308. The summed E-state index contributed by atoms with van der Waals surface area (Å²) in [6.45, 7) is 5.85. The molecule has 0 bridgehead atoms. The fourth-order valence-corrected chi connectivity index (χ4v) is 2.98. The second-order valence-corrected chi connectivity index (χ2v) is 6.10. The molecule has 26 heavy (non-hydrogen) atoms. The average molecular weight is 346 g/mol. The highest BCUT2D eigenvalue weighted by Crippen LogP contribution is 2.33. The number of hydrogen-bond donors (Lipinski definition) is 4. The van der Waals surface area contributed by atoms with Crippen LogP contribution in [0.5, 0.6) is 5.75 Å². The van der Waals surface area contributed by atoms with Crippen molar-refractivity contribution in [1.29, 1.82) is 5.41 Å². The van der Waals surface area contributed by atoms with Crippen LogP contribution >= 0.6 is 0 Å². The van der Waals surface area contributed by atoms with Gasteiger partial charge in [-0.3, -0.25) is 5.41 Å². The summed E-state index contributed by atoms with van der Waals surface area (Å²) >= 11 is 0. The van der Waals surface area contributed by atoms with Crippen LogP contribution in [0, 0.1) is 5.41 Å². The molecule has 1 aromatic heterocycles. The van der Waals surface area contributed by atoms with Crippen molar-refractivity contribution in [3.63, 3.8) is 0 Å². The summed E-state index contributed by atoms with van der Waals surface area (Å²) in [4.78, 5) is 7.18. The van der Waals surface area contributed by atoms with Crippen molar-refractivity contribution in [3.05, 3.63) is 96.1 Å². The smallest absolute Gasteiger partial charge is 0.130 e. The van der Waals surface area contributed by atoms with E-state index in [1.165, 1.54) is 0 Å². The lowest BCUT2D eigenvalue weighted by molar-refractivity contribution is 0.465. The molecule has 5 heteroatoms. The minimum Gasteiger partial charge on any atom is -0.507 e.